The van der Waals surface area contributed by atoms with Crippen molar-refractivity contribution in [1.29, 1.82) is 0 Å². The second kappa shape index (κ2) is 1.79. The van der Waals surface area contributed by atoms with Crippen molar-refractivity contribution in [2.45, 2.75) is 6.54 Å². The Morgan fingerprint density at radius 3 is 2.50 bits per heavy atom. The third kappa shape index (κ3) is 0.760. The average molecular weight is 114 g/mol. The Morgan fingerprint density at radius 2 is 2.25 bits per heavy atom. The highest BCUT2D eigenvalue weighted by Crippen LogP contribution is 1.96. The first-order chi connectivity index (χ1) is 3.83. The second-order valence-electron chi connectivity index (χ2n) is 1.24. The Kier molecular flexibility index (Phi) is 1.13. The average Bonchev–Trinajstić information content (AvgIpc) is 2.14. The third-order valence-electron chi connectivity index (χ3n) is 0.657. The number of nitrogen functional groups attached to an aromatic ring is 1. The van der Waals surface area contributed by atoms with E-state index in [2.05, 4.69) is 14.6 Å². The molecule has 0 unspecified atom stereocenters. The van der Waals surface area contributed by atoms with Crippen LogP contribution in [-0.4, -0.2) is 10.2 Å². The highest BCUT2D eigenvalue weighted by atomic mass is 16.4. The molecule has 0 atom stereocenters. The van der Waals surface area contributed by atoms with Gasteiger partial charge in [-0.15, -0.1) is 5.10 Å². The summed E-state index contributed by atoms with van der Waals surface area (Å²) in [6.45, 7) is 0.240. The van der Waals surface area contributed by atoms with Crippen molar-refractivity contribution in [1.82, 2.24) is 10.2 Å². The largest absolute Gasteiger partial charge is 0.407 e. The smallest absolute Gasteiger partial charge is 0.312 e. The van der Waals surface area contributed by atoms with Crippen LogP contribution in [0.3, 0.4) is 0 Å². The fraction of sp³-hybridized carbons (Fsp3) is 0.333. The first-order valence-corrected chi connectivity index (χ1v) is 2.11. The summed E-state index contributed by atoms with van der Waals surface area (Å²) in [5, 5.41) is 6.84. The molecule has 0 fully saturated rings. The van der Waals surface area contributed by atoms with Gasteiger partial charge in [0, 0.05) is 0 Å². The molecule has 0 aliphatic carbocycles. The van der Waals surface area contributed by atoms with Gasteiger partial charge in [-0.1, -0.05) is 5.10 Å². The van der Waals surface area contributed by atoms with Gasteiger partial charge in [0.1, 0.15) is 0 Å². The molecule has 5 heteroatoms. The molecule has 0 amide bonds. The molecule has 4 N–H and O–H groups in total. The summed E-state index contributed by atoms with van der Waals surface area (Å²) < 4.78 is 4.66. The molecule has 0 spiro atoms. The number of hydrogen-bond acceptors (Lipinski definition) is 5. The maximum absolute atomic E-state index is 5.11. The van der Waals surface area contributed by atoms with Gasteiger partial charge in [-0.25, -0.2) is 0 Å². The standard InChI is InChI=1S/C3H6N4O/c4-1-2-6-7-3(5)8-2/h1,4H2,(H2,5,7). The molecular formula is C3H6N4O. The molecule has 0 aromatic carbocycles. The van der Waals surface area contributed by atoms with Crippen LogP contribution in [0.25, 0.3) is 0 Å². The van der Waals surface area contributed by atoms with Crippen molar-refractivity contribution >= 4 is 6.01 Å². The quantitative estimate of drug-likeness (QED) is 0.494. The van der Waals surface area contributed by atoms with Crippen molar-refractivity contribution < 1.29 is 4.42 Å². The Labute approximate surface area is 45.7 Å². The van der Waals surface area contributed by atoms with Crippen LogP contribution in [-0.2, 0) is 6.54 Å². The molecule has 1 aromatic heterocycles. The van der Waals surface area contributed by atoms with Gasteiger partial charge in [-0.05, 0) is 0 Å². The van der Waals surface area contributed by atoms with Crippen molar-refractivity contribution in [2.75, 3.05) is 5.73 Å². The van der Waals surface area contributed by atoms with Gasteiger partial charge in [-0.3, -0.25) is 0 Å². The molecule has 44 valence electrons. The zero-order chi connectivity index (χ0) is 5.98. The van der Waals surface area contributed by atoms with E-state index in [1.54, 1.807) is 0 Å². The summed E-state index contributed by atoms with van der Waals surface area (Å²) in [5.74, 6) is 0.363. The maximum Gasteiger partial charge on any atom is 0.312 e. The van der Waals surface area contributed by atoms with Crippen LogP contribution in [0, 0.1) is 0 Å². The molecule has 0 bridgehead atoms. The lowest BCUT2D eigenvalue weighted by Gasteiger charge is -1.78. The summed E-state index contributed by atoms with van der Waals surface area (Å²) >= 11 is 0. The number of nitrogens with two attached hydrogens (primary N) is 2. The summed E-state index contributed by atoms with van der Waals surface area (Å²) in [6, 6.07) is 0.0606. The highest BCUT2D eigenvalue weighted by molar-refractivity contribution is 5.04. The Hall–Kier alpha value is -1.10. The minimum Gasteiger partial charge on any atom is -0.407 e. The van der Waals surface area contributed by atoms with Crippen LogP contribution < -0.4 is 11.5 Å². The predicted octanol–water partition coefficient (Wildman–Crippen LogP) is -0.890. The van der Waals surface area contributed by atoms with Gasteiger partial charge in [0.15, 0.2) is 0 Å². The summed E-state index contributed by atoms with van der Waals surface area (Å²) in [5.41, 5.74) is 10.2. The molecule has 0 aliphatic rings. The predicted molar refractivity (Wildman–Crippen MR) is 26.6 cm³/mol. The summed E-state index contributed by atoms with van der Waals surface area (Å²) in [7, 11) is 0. The topological polar surface area (TPSA) is 91.0 Å². The van der Waals surface area contributed by atoms with Gasteiger partial charge in [0.2, 0.25) is 5.89 Å². The van der Waals surface area contributed by atoms with Crippen LogP contribution in [0.2, 0.25) is 0 Å². The van der Waals surface area contributed by atoms with Crippen LogP contribution in [0.15, 0.2) is 4.42 Å². The number of anilines is 1. The van der Waals surface area contributed by atoms with Crippen LogP contribution in [0.5, 0.6) is 0 Å². The maximum atomic E-state index is 5.11. The fourth-order valence-corrected chi connectivity index (χ4v) is 0.349. The number of nitrogens with zero attached hydrogens (tertiary/aromatic N) is 2. The van der Waals surface area contributed by atoms with E-state index in [0.717, 1.165) is 0 Å². The first-order valence-electron chi connectivity index (χ1n) is 2.11. The van der Waals surface area contributed by atoms with Gasteiger partial charge in [0.25, 0.3) is 0 Å². The zero-order valence-electron chi connectivity index (χ0n) is 4.16. The van der Waals surface area contributed by atoms with Crippen molar-refractivity contribution in [3.05, 3.63) is 5.89 Å². The molecule has 8 heavy (non-hydrogen) atoms. The molecule has 0 aliphatic heterocycles. The van der Waals surface area contributed by atoms with E-state index in [9.17, 15) is 0 Å². The Bertz CT molecular complexity index is 172. The molecule has 5 nitrogen and oxygen atoms in total. The monoisotopic (exact) mass is 114 g/mol. The third-order valence-corrected chi connectivity index (χ3v) is 0.657. The number of hydrogen-bond donors (Lipinski definition) is 2. The molecule has 1 aromatic rings. The molecule has 0 saturated carbocycles. The molecule has 0 radical (unpaired) electrons. The van der Waals surface area contributed by atoms with E-state index in [-0.39, 0.29) is 12.6 Å². The minimum absolute atomic E-state index is 0.0606. The van der Waals surface area contributed by atoms with Crippen molar-refractivity contribution in [3.63, 3.8) is 0 Å². The normalized spacial score (nSPS) is 9.62. The van der Waals surface area contributed by atoms with Crippen LogP contribution in [0.4, 0.5) is 6.01 Å². The Morgan fingerprint density at radius 1 is 1.50 bits per heavy atom. The SMILES string of the molecule is NCc1nnc(N)o1. The number of rotatable bonds is 1. The van der Waals surface area contributed by atoms with E-state index in [4.69, 9.17) is 11.5 Å². The van der Waals surface area contributed by atoms with Crippen LogP contribution in [0.1, 0.15) is 5.89 Å². The van der Waals surface area contributed by atoms with Crippen molar-refractivity contribution in [2.24, 2.45) is 5.73 Å². The molecule has 1 rings (SSSR count). The molecule has 1 heterocycles. The minimum atomic E-state index is 0.0606. The van der Waals surface area contributed by atoms with E-state index >= 15 is 0 Å². The van der Waals surface area contributed by atoms with E-state index in [1.807, 2.05) is 0 Å². The van der Waals surface area contributed by atoms with Gasteiger partial charge >= 0.3 is 6.01 Å². The molecular weight excluding hydrogens is 108 g/mol. The lowest BCUT2D eigenvalue weighted by atomic mass is 10.7. The lowest BCUT2D eigenvalue weighted by molar-refractivity contribution is 0.513. The highest BCUT2D eigenvalue weighted by Gasteiger charge is 1.95. The van der Waals surface area contributed by atoms with Gasteiger partial charge in [0.05, 0.1) is 6.54 Å². The van der Waals surface area contributed by atoms with E-state index in [1.165, 1.54) is 0 Å². The van der Waals surface area contributed by atoms with E-state index < -0.39 is 0 Å². The van der Waals surface area contributed by atoms with E-state index in [0.29, 0.717) is 5.89 Å². The summed E-state index contributed by atoms with van der Waals surface area (Å²) in [6.07, 6.45) is 0. The van der Waals surface area contributed by atoms with Gasteiger partial charge < -0.3 is 15.9 Å². The lowest BCUT2D eigenvalue weighted by Crippen LogP contribution is -1.95. The Balaban J connectivity index is 2.84. The van der Waals surface area contributed by atoms with Crippen molar-refractivity contribution in [3.8, 4) is 0 Å². The zero-order valence-corrected chi connectivity index (χ0v) is 4.16. The molecule has 0 saturated heterocycles. The number of aromatic nitrogens is 2. The summed E-state index contributed by atoms with van der Waals surface area (Å²) in [4.78, 5) is 0. The van der Waals surface area contributed by atoms with Gasteiger partial charge in [-0.2, -0.15) is 0 Å². The first kappa shape index (κ1) is 5.04. The second-order valence-corrected chi connectivity index (χ2v) is 1.24. The fourth-order valence-electron chi connectivity index (χ4n) is 0.349. The van der Waals surface area contributed by atoms with Crippen LogP contribution >= 0.6 is 0 Å².